The van der Waals surface area contributed by atoms with E-state index < -0.39 is 0 Å². The van der Waals surface area contributed by atoms with Crippen LogP contribution in [0, 0.1) is 0 Å². The molecule has 2 atom stereocenters. The van der Waals surface area contributed by atoms with Crippen molar-refractivity contribution in [2.45, 2.75) is 51.9 Å². The van der Waals surface area contributed by atoms with Crippen LogP contribution in [0.2, 0.25) is 0 Å². The van der Waals surface area contributed by atoms with E-state index in [0.717, 1.165) is 42.4 Å². The van der Waals surface area contributed by atoms with Gasteiger partial charge in [-0.05, 0) is 67.8 Å². The Balaban J connectivity index is 1.66. The fourth-order valence-corrected chi connectivity index (χ4v) is 4.10. The molecule has 0 unspecified atom stereocenters. The minimum absolute atomic E-state index is 0.0437. The predicted molar refractivity (Wildman–Crippen MR) is 91.9 cm³/mol. The number of hydrogen-bond acceptors (Lipinski definition) is 3. The molecule has 1 aromatic heterocycles. The second-order valence-electron chi connectivity index (χ2n) is 7.14. The predicted octanol–water partition coefficient (Wildman–Crippen LogP) is 2.63. The molecule has 4 heteroatoms. The van der Waals surface area contributed by atoms with Gasteiger partial charge in [0.25, 0.3) is 5.56 Å². The summed E-state index contributed by atoms with van der Waals surface area (Å²) in [7, 11) is 0. The Kier molecular flexibility index (Phi) is 3.74. The number of nitrogens with one attached hydrogen (secondary N) is 1. The number of pyridine rings is 1. The van der Waals surface area contributed by atoms with Crippen LogP contribution in [0.25, 0.3) is 10.9 Å². The van der Waals surface area contributed by atoms with Crippen molar-refractivity contribution in [1.82, 2.24) is 9.88 Å². The van der Waals surface area contributed by atoms with Crippen molar-refractivity contribution < 1.29 is 4.74 Å². The molecule has 0 radical (unpaired) electrons. The second-order valence-corrected chi connectivity index (χ2v) is 7.14. The Morgan fingerprint density at radius 3 is 2.57 bits per heavy atom. The quantitative estimate of drug-likeness (QED) is 0.927. The molecule has 1 aliphatic heterocycles. The lowest BCUT2D eigenvalue weighted by atomic mass is 10.0. The number of nitrogens with zero attached hydrogens (tertiary/aromatic N) is 1. The number of rotatable bonds is 2. The highest BCUT2D eigenvalue weighted by molar-refractivity contribution is 5.81. The van der Waals surface area contributed by atoms with Crippen molar-refractivity contribution in [2.24, 2.45) is 0 Å². The third kappa shape index (κ3) is 2.93. The summed E-state index contributed by atoms with van der Waals surface area (Å²) < 4.78 is 5.78. The Bertz CT molecular complexity index is 786. The second kappa shape index (κ2) is 5.77. The van der Waals surface area contributed by atoms with E-state index in [1.54, 1.807) is 0 Å². The van der Waals surface area contributed by atoms with E-state index in [1.165, 1.54) is 17.5 Å². The Morgan fingerprint density at radius 2 is 1.83 bits per heavy atom. The fourth-order valence-electron chi connectivity index (χ4n) is 4.10. The lowest BCUT2D eigenvalue weighted by Crippen LogP contribution is -2.45. The Labute approximate surface area is 136 Å². The van der Waals surface area contributed by atoms with Gasteiger partial charge in [-0.25, -0.2) is 0 Å². The molecule has 2 aromatic rings. The number of ether oxygens (including phenoxy) is 1. The smallest absolute Gasteiger partial charge is 0.252 e. The molecule has 0 bridgehead atoms. The van der Waals surface area contributed by atoms with Gasteiger partial charge in [0, 0.05) is 30.7 Å². The maximum Gasteiger partial charge on any atom is 0.252 e. The highest BCUT2D eigenvalue weighted by atomic mass is 16.5. The molecule has 0 amide bonds. The van der Waals surface area contributed by atoms with Gasteiger partial charge in [0.1, 0.15) is 0 Å². The van der Waals surface area contributed by atoms with Gasteiger partial charge in [0.2, 0.25) is 0 Å². The summed E-state index contributed by atoms with van der Waals surface area (Å²) in [6, 6.07) is 6.51. The van der Waals surface area contributed by atoms with Crippen LogP contribution in [-0.2, 0) is 24.1 Å². The number of aromatic amines is 1. The molecule has 1 aromatic carbocycles. The zero-order valence-electron chi connectivity index (χ0n) is 13.9. The van der Waals surface area contributed by atoms with Crippen molar-refractivity contribution in [3.63, 3.8) is 0 Å². The number of fused-ring (bicyclic) bond motifs is 2. The van der Waals surface area contributed by atoms with Crippen LogP contribution in [0.4, 0.5) is 0 Å². The molecular formula is C19H24N2O2. The first-order chi connectivity index (χ1) is 11.1. The van der Waals surface area contributed by atoms with Crippen LogP contribution in [0.5, 0.6) is 0 Å². The normalized spacial score (nSPS) is 25.0. The van der Waals surface area contributed by atoms with Crippen LogP contribution in [-0.4, -0.2) is 35.2 Å². The van der Waals surface area contributed by atoms with Crippen LogP contribution < -0.4 is 5.56 Å². The summed E-state index contributed by atoms with van der Waals surface area (Å²) in [5, 5.41) is 1.16. The standard InChI is InChI=1S/C19H24N2O2/c1-12-9-21(10-13(2)23-12)11-17-7-16-6-14-4-3-5-15(14)8-18(16)20-19(17)22/h6-8,12-13H,3-5,9-11H2,1-2H3,(H,20,22)/t12-,13+. The van der Waals surface area contributed by atoms with E-state index in [2.05, 4.69) is 41.9 Å². The van der Waals surface area contributed by atoms with Gasteiger partial charge in [-0.1, -0.05) is 0 Å². The molecular weight excluding hydrogens is 288 g/mol. The van der Waals surface area contributed by atoms with Gasteiger partial charge in [-0.3, -0.25) is 9.69 Å². The van der Waals surface area contributed by atoms with Gasteiger partial charge < -0.3 is 9.72 Å². The molecule has 4 nitrogen and oxygen atoms in total. The summed E-state index contributed by atoms with van der Waals surface area (Å²) in [5.41, 5.74) is 4.72. The molecule has 1 fully saturated rings. The molecule has 1 aliphatic carbocycles. The van der Waals surface area contributed by atoms with Gasteiger partial charge in [0.05, 0.1) is 12.2 Å². The number of hydrogen-bond donors (Lipinski definition) is 1. The zero-order chi connectivity index (χ0) is 16.0. The van der Waals surface area contributed by atoms with Crippen molar-refractivity contribution in [2.75, 3.05) is 13.1 Å². The van der Waals surface area contributed by atoms with Crippen molar-refractivity contribution in [3.8, 4) is 0 Å². The van der Waals surface area contributed by atoms with Gasteiger partial charge in [0.15, 0.2) is 0 Å². The van der Waals surface area contributed by atoms with Gasteiger partial charge >= 0.3 is 0 Å². The summed E-state index contributed by atoms with van der Waals surface area (Å²) in [6.07, 6.45) is 3.98. The van der Waals surface area contributed by atoms with E-state index in [4.69, 9.17) is 4.74 Å². The van der Waals surface area contributed by atoms with E-state index in [-0.39, 0.29) is 17.8 Å². The molecule has 0 spiro atoms. The van der Waals surface area contributed by atoms with Crippen molar-refractivity contribution >= 4 is 10.9 Å². The van der Waals surface area contributed by atoms with E-state index in [9.17, 15) is 4.79 Å². The minimum Gasteiger partial charge on any atom is -0.373 e. The molecule has 122 valence electrons. The molecule has 1 N–H and O–H groups in total. The third-order valence-electron chi connectivity index (χ3n) is 5.02. The lowest BCUT2D eigenvalue weighted by molar-refractivity contribution is -0.0705. The lowest BCUT2D eigenvalue weighted by Gasteiger charge is -2.35. The highest BCUT2D eigenvalue weighted by Crippen LogP contribution is 2.26. The molecule has 2 heterocycles. The summed E-state index contributed by atoms with van der Waals surface area (Å²) >= 11 is 0. The van der Waals surface area contributed by atoms with E-state index in [1.807, 2.05) is 0 Å². The molecule has 23 heavy (non-hydrogen) atoms. The highest BCUT2D eigenvalue weighted by Gasteiger charge is 2.23. The van der Waals surface area contributed by atoms with Gasteiger partial charge in [-0.15, -0.1) is 0 Å². The van der Waals surface area contributed by atoms with Crippen LogP contribution in [0.3, 0.4) is 0 Å². The Morgan fingerprint density at radius 1 is 1.13 bits per heavy atom. The Hall–Kier alpha value is -1.65. The number of benzene rings is 1. The average Bonchev–Trinajstić information content (AvgIpc) is 2.92. The molecule has 2 aliphatic rings. The summed E-state index contributed by atoms with van der Waals surface area (Å²) in [5.74, 6) is 0. The largest absolute Gasteiger partial charge is 0.373 e. The monoisotopic (exact) mass is 312 g/mol. The average molecular weight is 312 g/mol. The molecule has 0 saturated carbocycles. The number of morpholine rings is 1. The summed E-state index contributed by atoms with van der Waals surface area (Å²) in [4.78, 5) is 17.9. The topological polar surface area (TPSA) is 45.3 Å². The number of H-pyrrole nitrogens is 1. The van der Waals surface area contributed by atoms with E-state index in [0.29, 0.717) is 6.54 Å². The maximum absolute atomic E-state index is 12.5. The third-order valence-corrected chi connectivity index (χ3v) is 5.02. The molecule has 1 saturated heterocycles. The number of aromatic nitrogens is 1. The first kappa shape index (κ1) is 14.9. The first-order valence-corrected chi connectivity index (χ1v) is 8.64. The fraction of sp³-hybridized carbons (Fsp3) is 0.526. The summed E-state index contributed by atoms with van der Waals surface area (Å²) in [6.45, 7) is 6.64. The maximum atomic E-state index is 12.5. The zero-order valence-corrected chi connectivity index (χ0v) is 13.9. The van der Waals surface area contributed by atoms with Crippen LogP contribution in [0.1, 0.15) is 37.0 Å². The minimum atomic E-state index is 0.0437. The van der Waals surface area contributed by atoms with Crippen molar-refractivity contribution in [1.29, 1.82) is 0 Å². The first-order valence-electron chi connectivity index (χ1n) is 8.64. The van der Waals surface area contributed by atoms with Crippen LogP contribution >= 0.6 is 0 Å². The van der Waals surface area contributed by atoms with Crippen LogP contribution in [0.15, 0.2) is 23.0 Å². The molecule has 4 rings (SSSR count). The van der Waals surface area contributed by atoms with Crippen molar-refractivity contribution in [3.05, 3.63) is 45.2 Å². The SMILES string of the molecule is C[C@@H]1CN(Cc2cc3cc4c(cc3[nH]c2=O)CCC4)C[C@H](C)O1. The number of aryl methyl sites for hydroxylation is 2. The van der Waals surface area contributed by atoms with E-state index >= 15 is 0 Å². The van der Waals surface area contributed by atoms with Gasteiger partial charge in [-0.2, -0.15) is 0 Å².